The van der Waals surface area contributed by atoms with E-state index in [0.29, 0.717) is 0 Å². The second-order valence-corrected chi connectivity index (χ2v) is 4.35. The van der Waals surface area contributed by atoms with E-state index in [9.17, 15) is 0 Å². The van der Waals surface area contributed by atoms with Crippen LogP contribution in [-0.4, -0.2) is 0 Å². The van der Waals surface area contributed by atoms with E-state index in [0.717, 1.165) is 23.7 Å². The Morgan fingerprint density at radius 3 is 1.55 bits per heavy atom. The second kappa shape index (κ2) is 4.79. The minimum Gasteiger partial charge on any atom is -0.0651 e. The first-order chi connectivity index (χ1) is 5.00. The van der Waals surface area contributed by atoms with Gasteiger partial charge in [0.25, 0.3) is 0 Å². The number of hydrogen-bond acceptors (Lipinski definition) is 0. The summed E-state index contributed by atoms with van der Waals surface area (Å²) in [6, 6.07) is 0. The first-order valence-corrected chi connectivity index (χ1v) is 5.00. The zero-order valence-electron chi connectivity index (χ0n) is 9.02. The first-order valence-electron chi connectivity index (χ1n) is 5.00. The molecule has 11 heavy (non-hydrogen) atoms. The van der Waals surface area contributed by atoms with Gasteiger partial charge in [0.2, 0.25) is 0 Å². The van der Waals surface area contributed by atoms with Gasteiger partial charge < -0.3 is 0 Å². The van der Waals surface area contributed by atoms with E-state index < -0.39 is 0 Å². The van der Waals surface area contributed by atoms with Crippen molar-refractivity contribution in [2.24, 2.45) is 23.7 Å². The van der Waals surface area contributed by atoms with Crippen LogP contribution in [0.5, 0.6) is 0 Å². The molecule has 0 aliphatic rings. The molecule has 0 radical (unpaired) electrons. The molecule has 68 valence electrons. The van der Waals surface area contributed by atoms with E-state index in [2.05, 4.69) is 41.5 Å². The van der Waals surface area contributed by atoms with Crippen molar-refractivity contribution in [2.75, 3.05) is 0 Å². The molecule has 0 aliphatic heterocycles. The lowest BCUT2D eigenvalue weighted by molar-refractivity contribution is 0.219. The molecule has 0 heterocycles. The van der Waals surface area contributed by atoms with Crippen molar-refractivity contribution in [3.8, 4) is 0 Å². The van der Waals surface area contributed by atoms with Gasteiger partial charge in [0.15, 0.2) is 0 Å². The molecule has 0 unspecified atom stereocenters. The Kier molecular flexibility index (Phi) is 4.79. The van der Waals surface area contributed by atoms with Crippen LogP contribution in [0.4, 0.5) is 0 Å². The molecule has 0 saturated carbocycles. The Hall–Kier alpha value is 0. The monoisotopic (exact) mass is 156 g/mol. The minimum atomic E-state index is 0.832. The van der Waals surface area contributed by atoms with Gasteiger partial charge >= 0.3 is 0 Å². The maximum Gasteiger partial charge on any atom is -0.0389 e. The Labute approximate surface area is 72.4 Å². The highest BCUT2D eigenvalue weighted by Crippen LogP contribution is 2.27. The molecule has 0 nitrogen and oxygen atoms in total. The van der Waals surface area contributed by atoms with Crippen LogP contribution >= 0.6 is 0 Å². The minimum absolute atomic E-state index is 0.832. The predicted molar refractivity (Wildman–Crippen MR) is 52.6 cm³/mol. The fraction of sp³-hybridized carbons (Fsp3) is 1.00. The van der Waals surface area contributed by atoms with Crippen molar-refractivity contribution in [3.63, 3.8) is 0 Å². The van der Waals surface area contributed by atoms with E-state index in [1.165, 1.54) is 6.42 Å². The van der Waals surface area contributed by atoms with Gasteiger partial charge in [0.05, 0.1) is 0 Å². The van der Waals surface area contributed by atoms with Gasteiger partial charge in [-0.15, -0.1) is 0 Å². The highest BCUT2D eigenvalue weighted by atomic mass is 14.2. The fourth-order valence-corrected chi connectivity index (χ4v) is 1.50. The molecule has 0 amide bonds. The van der Waals surface area contributed by atoms with Gasteiger partial charge in [0.1, 0.15) is 0 Å². The second-order valence-electron chi connectivity index (χ2n) is 4.35. The zero-order valence-corrected chi connectivity index (χ0v) is 9.02. The van der Waals surface area contributed by atoms with Gasteiger partial charge in [-0.3, -0.25) is 0 Å². The third-order valence-electron chi connectivity index (χ3n) is 3.42. The van der Waals surface area contributed by atoms with Crippen molar-refractivity contribution in [1.82, 2.24) is 0 Å². The fourth-order valence-electron chi connectivity index (χ4n) is 1.50. The molecule has 0 aliphatic carbocycles. The summed E-state index contributed by atoms with van der Waals surface area (Å²) < 4.78 is 0. The average Bonchev–Trinajstić information content (AvgIpc) is 2.00. The van der Waals surface area contributed by atoms with Crippen LogP contribution in [0.1, 0.15) is 48.0 Å². The lowest BCUT2D eigenvalue weighted by atomic mass is 9.78. The molecule has 3 atom stereocenters. The van der Waals surface area contributed by atoms with E-state index in [-0.39, 0.29) is 0 Å². The van der Waals surface area contributed by atoms with E-state index in [1.807, 2.05) is 0 Å². The van der Waals surface area contributed by atoms with Gasteiger partial charge in [-0.1, -0.05) is 48.0 Å². The van der Waals surface area contributed by atoms with Crippen LogP contribution in [-0.2, 0) is 0 Å². The summed E-state index contributed by atoms with van der Waals surface area (Å²) in [5, 5.41) is 0. The average molecular weight is 156 g/mol. The van der Waals surface area contributed by atoms with Crippen LogP contribution in [0, 0.1) is 23.7 Å². The molecule has 0 saturated heterocycles. The normalized spacial score (nSPS) is 19.9. The SMILES string of the molecule is CC[C@@H](C)[C@@H](C)[C@H](C)C(C)C. The molecule has 0 aromatic heterocycles. The zero-order chi connectivity index (χ0) is 9.02. The molecule has 0 bridgehead atoms. The lowest BCUT2D eigenvalue weighted by Crippen LogP contribution is -2.20. The van der Waals surface area contributed by atoms with Gasteiger partial charge in [-0.25, -0.2) is 0 Å². The Bertz CT molecular complexity index is 94.2. The highest BCUT2D eigenvalue weighted by Gasteiger charge is 2.19. The lowest BCUT2D eigenvalue weighted by Gasteiger charge is -2.28. The van der Waals surface area contributed by atoms with Crippen molar-refractivity contribution >= 4 is 0 Å². The van der Waals surface area contributed by atoms with Crippen molar-refractivity contribution in [1.29, 1.82) is 0 Å². The molecule has 0 heteroatoms. The predicted octanol–water partition coefficient (Wildman–Crippen LogP) is 3.96. The molecular weight excluding hydrogens is 132 g/mol. The van der Waals surface area contributed by atoms with Crippen LogP contribution in [0.2, 0.25) is 0 Å². The topological polar surface area (TPSA) is 0 Å². The van der Waals surface area contributed by atoms with Gasteiger partial charge in [-0.05, 0) is 23.7 Å². The summed E-state index contributed by atoms with van der Waals surface area (Å²) >= 11 is 0. The molecule has 0 aromatic rings. The van der Waals surface area contributed by atoms with Crippen molar-refractivity contribution in [2.45, 2.75) is 48.0 Å². The first kappa shape index (κ1) is 11.0. The third kappa shape index (κ3) is 3.27. The summed E-state index contributed by atoms with van der Waals surface area (Å²) in [6.45, 7) is 14.1. The Morgan fingerprint density at radius 2 is 1.27 bits per heavy atom. The van der Waals surface area contributed by atoms with E-state index in [1.54, 1.807) is 0 Å². The molecule has 0 fully saturated rings. The maximum absolute atomic E-state index is 2.39. The van der Waals surface area contributed by atoms with Crippen LogP contribution in [0.3, 0.4) is 0 Å². The van der Waals surface area contributed by atoms with Crippen LogP contribution in [0.25, 0.3) is 0 Å². The smallest absolute Gasteiger partial charge is 0.0389 e. The van der Waals surface area contributed by atoms with Crippen molar-refractivity contribution < 1.29 is 0 Å². The van der Waals surface area contributed by atoms with Crippen LogP contribution in [0.15, 0.2) is 0 Å². The molecule has 0 aromatic carbocycles. The maximum atomic E-state index is 2.39. The van der Waals surface area contributed by atoms with Crippen molar-refractivity contribution in [3.05, 3.63) is 0 Å². The molecule has 0 spiro atoms. The third-order valence-corrected chi connectivity index (χ3v) is 3.42. The van der Waals surface area contributed by atoms with E-state index in [4.69, 9.17) is 0 Å². The summed E-state index contributed by atoms with van der Waals surface area (Å²) in [6.07, 6.45) is 1.32. The standard InChI is InChI=1S/C11H24/c1-7-9(4)11(6)10(5)8(2)3/h8-11H,7H2,1-6H3/t9-,10-,11-/m1/s1. The quantitative estimate of drug-likeness (QED) is 0.578. The molecule has 0 rings (SSSR count). The largest absolute Gasteiger partial charge is 0.0651 e. The Morgan fingerprint density at radius 1 is 0.818 bits per heavy atom. The highest BCUT2D eigenvalue weighted by molar-refractivity contribution is 4.69. The van der Waals surface area contributed by atoms with E-state index >= 15 is 0 Å². The number of hydrogen-bond donors (Lipinski definition) is 0. The van der Waals surface area contributed by atoms with Gasteiger partial charge in [0, 0.05) is 0 Å². The summed E-state index contributed by atoms with van der Waals surface area (Å²) in [5.41, 5.74) is 0. The molecular formula is C11H24. The summed E-state index contributed by atoms with van der Waals surface area (Å²) in [7, 11) is 0. The van der Waals surface area contributed by atoms with Crippen LogP contribution < -0.4 is 0 Å². The summed E-state index contributed by atoms with van der Waals surface area (Å²) in [5.74, 6) is 3.45. The number of rotatable bonds is 4. The summed E-state index contributed by atoms with van der Waals surface area (Å²) in [4.78, 5) is 0. The van der Waals surface area contributed by atoms with Gasteiger partial charge in [-0.2, -0.15) is 0 Å². The molecule has 0 N–H and O–H groups in total. The Balaban J connectivity index is 3.90.